The van der Waals surface area contributed by atoms with Crippen molar-refractivity contribution >= 4 is 28.4 Å². The van der Waals surface area contributed by atoms with Crippen molar-refractivity contribution in [2.45, 2.75) is 30.8 Å². The number of fused-ring (bicyclic) bond motifs is 3. The van der Waals surface area contributed by atoms with Gasteiger partial charge in [0.05, 0.1) is 10.9 Å². The van der Waals surface area contributed by atoms with Gasteiger partial charge in [0.1, 0.15) is 11.6 Å². The lowest BCUT2D eigenvalue weighted by Crippen LogP contribution is -2.23. The van der Waals surface area contributed by atoms with Gasteiger partial charge in [-0.1, -0.05) is 30.8 Å². The second-order valence-corrected chi connectivity index (χ2v) is 7.10. The third-order valence-electron chi connectivity index (χ3n) is 4.24. The van der Waals surface area contributed by atoms with E-state index >= 15 is 0 Å². The normalized spacial score (nSPS) is 11.5. The molecule has 0 N–H and O–H groups in total. The first-order valence-electron chi connectivity index (χ1n) is 8.53. The van der Waals surface area contributed by atoms with E-state index in [1.165, 1.54) is 40.6 Å². The Kier molecular flexibility index (Phi) is 4.65. The number of nitrogens with zero attached hydrogens (tertiary/aromatic N) is 4. The van der Waals surface area contributed by atoms with Crippen molar-refractivity contribution < 1.29 is 8.78 Å². The molecule has 2 aromatic carbocycles. The summed E-state index contributed by atoms with van der Waals surface area (Å²) in [6, 6.07) is 10.5. The lowest BCUT2D eigenvalue weighted by molar-refractivity contribution is 0.626. The van der Waals surface area contributed by atoms with Gasteiger partial charge in [-0.3, -0.25) is 13.8 Å². The van der Waals surface area contributed by atoms with Gasteiger partial charge >= 0.3 is 0 Å². The van der Waals surface area contributed by atoms with E-state index in [0.29, 0.717) is 28.7 Å². The molecule has 27 heavy (non-hydrogen) atoms. The molecule has 0 saturated carbocycles. The molecule has 5 nitrogen and oxygen atoms in total. The lowest BCUT2D eigenvalue weighted by atomic mass is 10.2. The summed E-state index contributed by atoms with van der Waals surface area (Å²) in [5.41, 5.74) is 1.08. The van der Waals surface area contributed by atoms with Crippen molar-refractivity contribution in [3.8, 4) is 0 Å². The van der Waals surface area contributed by atoms with E-state index in [4.69, 9.17) is 0 Å². The molecular formula is C19H16F2N4OS. The molecule has 2 aromatic heterocycles. The maximum absolute atomic E-state index is 13.7. The quantitative estimate of drug-likeness (QED) is 0.486. The first kappa shape index (κ1) is 17.7. The molecule has 0 atom stereocenters. The highest BCUT2D eigenvalue weighted by Crippen LogP contribution is 2.25. The van der Waals surface area contributed by atoms with Gasteiger partial charge in [0, 0.05) is 12.3 Å². The van der Waals surface area contributed by atoms with Crippen LogP contribution in [0.15, 0.2) is 52.4 Å². The van der Waals surface area contributed by atoms with Crippen LogP contribution in [0.2, 0.25) is 0 Å². The van der Waals surface area contributed by atoms with E-state index < -0.39 is 5.82 Å². The average molecular weight is 386 g/mol. The van der Waals surface area contributed by atoms with Crippen LogP contribution < -0.4 is 5.56 Å². The molecule has 0 aliphatic heterocycles. The highest BCUT2D eigenvalue weighted by Gasteiger charge is 2.17. The predicted octanol–water partition coefficient (Wildman–Crippen LogP) is 4.02. The van der Waals surface area contributed by atoms with Crippen LogP contribution in [0, 0.1) is 11.6 Å². The number of halogens is 2. The number of aromatic nitrogens is 4. The zero-order valence-corrected chi connectivity index (χ0v) is 15.3. The van der Waals surface area contributed by atoms with Crippen LogP contribution in [0.1, 0.15) is 18.9 Å². The van der Waals surface area contributed by atoms with Gasteiger partial charge in [-0.15, -0.1) is 10.2 Å². The third-order valence-corrected chi connectivity index (χ3v) is 5.24. The first-order valence-corrected chi connectivity index (χ1v) is 9.51. The number of hydrogen-bond acceptors (Lipinski definition) is 4. The molecule has 0 bridgehead atoms. The molecular weight excluding hydrogens is 370 g/mol. The highest BCUT2D eigenvalue weighted by atomic mass is 32.2. The molecule has 0 saturated heterocycles. The van der Waals surface area contributed by atoms with Gasteiger partial charge in [-0.25, -0.2) is 8.78 Å². The van der Waals surface area contributed by atoms with E-state index in [9.17, 15) is 13.6 Å². The SMILES string of the molecule is CCCn1c(=O)c2cc(F)ccc2n2c(SCc3cccc(F)c3)nnc12. The summed E-state index contributed by atoms with van der Waals surface area (Å²) in [4.78, 5) is 12.8. The molecule has 138 valence electrons. The standard InChI is InChI=1S/C19H16F2N4OS/c1-2-8-24-17(26)15-10-14(21)6-7-16(15)25-18(24)22-23-19(25)27-11-12-4-3-5-13(20)9-12/h3-7,9-10H,2,8,11H2,1H3. The van der Waals surface area contributed by atoms with E-state index in [0.717, 1.165) is 12.0 Å². The molecule has 0 radical (unpaired) electrons. The molecule has 0 aliphatic rings. The molecule has 0 fully saturated rings. The molecule has 8 heteroatoms. The fourth-order valence-electron chi connectivity index (χ4n) is 3.05. The number of hydrogen-bond donors (Lipinski definition) is 0. The summed E-state index contributed by atoms with van der Waals surface area (Å²) in [6.45, 7) is 2.41. The van der Waals surface area contributed by atoms with Crippen LogP contribution >= 0.6 is 11.8 Å². The van der Waals surface area contributed by atoms with Crippen LogP contribution in [-0.4, -0.2) is 19.2 Å². The Morgan fingerprint density at radius 1 is 1.07 bits per heavy atom. The maximum Gasteiger partial charge on any atom is 0.262 e. The molecule has 0 unspecified atom stereocenters. The largest absolute Gasteiger partial charge is 0.276 e. The van der Waals surface area contributed by atoms with Crippen LogP contribution in [0.3, 0.4) is 0 Å². The molecule has 0 spiro atoms. The summed E-state index contributed by atoms with van der Waals surface area (Å²) in [5.74, 6) is 0.150. The van der Waals surface area contributed by atoms with Gasteiger partial charge in [0.25, 0.3) is 5.56 Å². The smallest absolute Gasteiger partial charge is 0.262 e. The summed E-state index contributed by atoms with van der Waals surface area (Å²) in [7, 11) is 0. The van der Waals surface area contributed by atoms with E-state index in [2.05, 4.69) is 10.2 Å². The maximum atomic E-state index is 13.7. The second kappa shape index (κ2) is 7.11. The zero-order valence-electron chi connectivity index (χ0n) is 14.5. The van der Waals surface area contributed by atoms with Gasteiger partial charge in [0.15, 0.2) is 5.16 Å². The van der Waals surface area contributed by atoms with E-state index in [1.54, 1.807) is 16.5 Å². The second-order valence-electron chi connectivity index (χ2n) is 6.15. The van der Waals surface area contributed by atoms with Crippen molar-refractivity contribution in [2.75, 3.05) is 0 Å². The topological polar surface area (TPSA) is 52.2 Å². The number of rotatable bonds is 5. The Bertz CT molecular complexity index is 1200. The zero-order chi connectivity index (χ0) is 19.0. The Labute approximate surface area is 157 Å². The highest BCUT2D eigenvalue weighted by molar-refractivity contribution is 7.98. The minimum Gasteiger partial charge on any atom is -0.276 e. The van der Waals surface area contributed by atoms with Crippen molar-refractivity contribution in [1.82, 2.24) is 19.2 Å². The van der Waals surface area contributed by atoms with E-state index in [1.807, 2.05) is 13.0 Å². The molecule has 2 heterocycles. The third kappa shape index (κ3) is 3.21. The van der Waals surface area contributed by atoms with Crippen molar-refractivity contribution in [3.63, 3.8) is 0 Å². The van der Waals surface area contributed by atoms with Crippen molar-refractivity contribution in [2.24, 2.45) is 0 Å². The van der Waals surface area contributed by atoms with E-state index in [-0.39, 0.29) is 16.8 Å². The van der Waals surface area contributed by atoms with Crippen molar-refractivity contribution in [3.05, 3.63) is 70.0 Å². The van der Waals surface area contributed by atoms with Crippen molar-refractivity contribution in [1.29, 1.82) is 0 Å². The minimum absolute atomic E-state index is 0.281. The monoisotopic (exact) mass is 386 g/mol. The van der Waals surface area contributed by atoms with Gasteiger partial charge in [0.2, 0.25) is 5.78 Å². The Balaban J connectivity index is 1.87. The number of aryl methyl sites for hydroxylation is 1. The number of thioether (sulfide) groups is 1. The van der Waals surface area contributed by atoms with Crippen LogP contribution in [-0.2, 0) is 12.3 Å². The molecule has 0 aliphatic carbocycles. The Morgan fingerprint density at radius 2 is 1.89 bits per heavy atom. The van der Waals surface area contributed by atoms with Crippen LogP contribution in [0.25, 0.3) is 16.7 Å². The fourth-order valence-corrected chi connectivity index (χ4v) is 3.93. The molecule has 4 rings (SSSR count). The van der Waals surface area contributed by atoms with Gasteiger partial charge in [-0.05, 0) is 42.3 Å². The van der Waals surface area contributed by atoms with Gasteiger partial charge in [-0.2, -0.15) is 0 Å². The molecule has 4 aromatic rings. The first-order chi connectivity index (χ1) is 13.1. The molecule has 0 amide bonds. The summed E-state index contributed by atoms with van der Waals surface area (Å²) in [6.07, 6.45) is 0.731. The number of benzene rings is 2. The summed E-state index contributed by atoms with van der Waals surface area (Å²) >= 11 is 1.38. The minimum atomic E-state index is -0.468. The predicted molar refractivity (Wildman–Crippen MR) is 101 cm³/mol. The van der Waals surface area contributed by atoms with Crippen LogP contribution in [0.4, 0.5) is 8.78 Å². The summed E-state index contributed by atoms with van der Waals surface area (Å²) < 4.78 is 30.4. The Hall–Kier alpha value is -2.74. The lowest BCUT2D eigenvalue weighted by Gasteiger charge is -2.10. The Morgan fingerprint density at radius 3 is 2.67 bits per heavy atom. The average Bonchev–Trinajstić information content (AvgIpc) is 3.07. The summed E-state index contributed by atoms with van der Waals surface area (Å²) in [5, 5.41) is 9.25. The van der Waals surface area contributed by atoms with Crippen LogP contribution in [0.5, 0.6) is 0 Å². The van der Waals surface area contributed by atoms with Gasteiger partial charge < -0.3 is 0 Å². The fraction of sp³-hybridized carbons (Fsp3) is 0.211.